The number of hydrogen-bond donors (Lipinski definition) is 2. The zero-order valence-electron chi connectivity index (χ0n) is 8.69. The van der Waals surface area contributed by atoms with Crippen LogP contribution in [-0.2, 0) is 4.84 Å². The summed E-state index contributed by atoms with van der Waals surface area (Å²) in [5.74, 6) is 0. The third kappa shape index (κ3) is 3.23. The number of hydrogen-bond acceptors (Lipinski definition) is 3. The van der Waals surface area contributed by atoms with E-state index in [0.717, 1.165) is 5.06 Å². The van der Waals surface area contributed by atoms with E-state index in [-0.39, 0.29) is 13.2 Å². The number of urea groups is 1. The Kier molecular flexibility index (Phi) is 3.73. The fraction of sp³-hybridized carbons (Fsp3) is 0.300. The maximum absolute atomic E-state index is 11.7. The molecule has 5 nitrogen and oxygen atoms in total. The summed E-state index contributed by atoms with van der Waals surface area (Å²) >= 11 is 11.6. The molecule has 2 N–H and O–H groups in total. The van der Waals surface area contributed by atoms with Crippen molar-refractivity contribution in [2.75, 3.05) is 18.5 Å². The number of hydroxylamine groups is 2. The third-order valence-corrected chi connectivity index (χ3v) is 2.58. The third-order valence-electron chi connectivity index (χ3n) is 2.14. The molecule has 7 heteroatoms. The van der Waals surface area contributed by atoms with E-state index in [1.54, 1.807) is 18.2 Å². The number of nitrogens with one attached hydrogen (secondary N) is 1. The molecule has 1 aliphatic rings. The highest BCUT2D eigenvalue weighted by atomic mass is 35.5. The summed E-state index contributed by atoms with van der Waals surface area (Å²) in [5, 5.41) is 13.7. The lowest BCUT2D eigenvalue weighted by Gasteiger charge is -2.15. The molecule has 1 unspecified atom stereocenters. The highest BCUT2D eigenvalue weighted by Gasteiger charge is 2.26. The van der Waals surface area contributed by atoms with Gasteiger partial charge in [0, 0.05) is 15.7 Å². The van der Waals surface area contributed by atoms with Crippen molar-refractivity contribution in [1.29, 1.82) is 0 Å². The molecule has 2 amide bonds. The van der Waals surface area contributed by atoms with E-state index in [9.17, 15) is 9.90 Å². The molecule has 0 spiro atoms. The highest BCUT2D eigenvalue weighted by molar-refractivity contribution is 6.35. The van der Waals surface area contributed by atoms with Gasteiger partial charge in [0.1, 0.15) is 12.7 Å². The molecule has 17 heavy (non-hydrogen) atoms. The molecule has 1 heterocycles. The molecule has 0 aromatic heterocycles. The van der Waals surface area contributed by atoms with Crippen molar-refractivity contribution < 1.29 is 14.7 Å². The van der Waals surface area contributed by atoms with Gasteiger partial charge >= 0.3 is 6.03 Å². The molecule has 0 bridgehead atoms. The summed E-state index contributed by atoms with van der Waals surface area (Å²) in [4.78, 5) is 16.6. The Labute approximate surface area is 108 Å². The van der Waals surface area contributed by atoms with Crippen LogP contribution < -0.4 is 5.32 Å². The van der Waals surface area contributed by atoms with Gasteiger partial charge in [-0.3, -0.25) is 4.84 Å². The van der Waals surface area contributed by atoms with Gasteiger partial charge in [-0.15, -0.1) is 0 Å². The first-order valence-corrected chi connectivity index (χ1v) is 5.66. The number of aliphatic hydroxyl groups is 1. The lowest BCUT2D eigenvalue weighted by molar-refractivity contribution is -0.0631. The maximum atomic E-state index is 11.7. The van der Waals surface area contributed by atoms with Gasteiger partial charge in [0.05, 0.1) is 6.54 Å². The van der Waals surface area contributed by atoms with Gasteiger partial charge in [0.25, 0.3) is 0 Å². The van der Waals surface area contributed by atoms with Gasteiger partial charge in [-0.05, 0) is 18.2 Å². The van der Waals surface area contributed by atoms with E-state index in [0.29, 0.717) is 15.7 Å². The zero-order chi connectivity index (χ0) is 12.4. The SMILES string of the molecule is O=C(Nc1cc(Cl)cc(Cl)c1)N1CC(O)CO1. The fourth-order valence-electron chi connectivity index (χ4n) is 1.43. The van der Waals surface area contributed by atoms with Crippen LogP contribution in [0.4, 0.5) is 10.5 Å². The van der Waals surface area contributed by atoms with Crippen molar-refractivity contribution >= 4 is 34.9 Å². The van der Waals surface area contributed by atoms with Crippen molar-refractivity contribution in [2.24, 2.45) is 0 Å². The van der Waals surface area contributed by atoms with Gasteiger partial charge in [0.2, 0.25) is 0 Å². The van der Waals surface area contributed by atoms with Gasteiger partial charge in [-0.2, -0.15) is 0 Å². The number of amides is 2. The van der Waals surface area contributed by atoms with E-state index in [4.69, 9.17) is 28.0 Å². The van der Waals surface area contributed by atoms with Crippen LogP contribution in [0.2, 0.25) is 10.0 Å². The van der Waals surface area contributed by atoms with Crippen LogP contribution in [0.1, 0.15) is 0 Å². The Bertz CT molecular complexity index is 421. The lowest BCUT2D eigenvalue weighted by atomic mass is 10.3. The Morgan fingerprint density at radius 3 is 2.59 bits per heavy atom. The van der Waals surface area contributed by atoms with Crippen LogP contribution in [0.3, 0.4) is 0 Å². The summed E-state index contributed by atoms with van der Waals surface area (Å²) in [6, 6.07) is 4.23. The molecule has 0 aliphatic carbocycles. The summed E-state index contributed by atoms with van der Waals surface area (Å²) in [6.45, 7) is 0.254. The number of halogens is 2. The zero-order valence-corrected chi connectivity index (χ0v) is 10.2. The number of rotatable bonds is 1. The summed E-state index contributed by atoms with van der Waals surface area (Å²) in [7, 11) is 0. The summed E-state index contributed by atoms with van der Waals surface area (Å²) in [5.41, 5.74) is 0.470. The lowest BCUT2D eigenvalue weighted by Crippen LogP contribution is -2.32. The first-order chi connectivity index (χ1) is 8.04. The van der Waals surface area contributed by atoms with E-state index in [1.807, 2.05) is 0 Å². The second-order valence-corrected chi connectivity index (χ2v) is 4.47. The van der Waals surface area contributed by atoms with E-state index >= 15 is 0 Å². The number of β-amino-alcohol motifs (C(OH)–C–C–N with tert-alkyl or cyclic N) is 1. The van der Waals surface area contributed by atoms with Crippen molar-refractivity contribution in [2.45, 2.75) is 6.10 Å². The average molecular weight is 277 g/mol. The molecule has 92 valence electrons. The van der Waals surface area contributed by atoms with Crippen molar-refractivity contribution in [1.82, 2.24) is 5.06 Å². The van der Waals surface area contributed by atoms with Gasteiger partial charge in [0.15, 0.2) is 0 Å². The molecular formula is C10H10Cl2N2O3. The number of benzene rings is 1. The number of aliphatic hydroxyl groups excluding tert-OH is 1. The molecule has 1 saturated heterocycles. The Morgan fingerprint density at radius 1 is 1.41 bits per heavy atom. The van der Waals surface area contributed by atoms with Gasteiger partial charge in [-0.25, -0.2) is 9.86 Å². The standard InChI is InChI=1S/C10H10Cl2N2O3/c11-6-1-7(12)3-8(2-6)13-10(16)14-4-9(15)5-17-14/h1-3,9,15H,4-5H2,(H,13,16). The summed E-state index contributed by atoms with van der Waals surface area (Å²) in [6.07, 6.45) is -0.649. The van der Waals surface area contributed by atoms with Crippen molar-refractivity contribution in [3.05, 3.63) is 28.2 Å². The second-order valence-electron chi connectivity index (χ2n) is 3.60. The predicted octanol–water partition coefficient (Wildman–Crippen LogP) is 2.13. The monoisotopic (exact) mass is 276 g/mol. The van der Waals surface area contributed by atoms with Crippen LogP contribution in [0, 0.1) is 0 Å². The molecule has 2 rings (SSSR count). The van der Waals surface area contributed by atoms with Crippen LogP contribution in [0.15, 0.2) is 18.2 Å². The van der Waals surface area contributed by atoms with Crippen LogP contribution in [0.25, 0.3) is 0 Å². The van der Waals surface area contributed by atoms with E-state index in [1.165, 1.54) is 0 Å². The second kappa shape index (κ2) is 5.10. The highest BCUT2D eigenvalue weighted by Crippen LogP contribution is 2.23. The van der Waals surface area contributed by atoms with E-state index < -0.39 is 12.1 Å². The Balaban J connectivity index is 2.03. The van der Waals surface area contributed by atoms with Crippen LogP contribution >= 0.6 is 23.2 Å². The van der Waals surface area contributed by atoms with Gasteiger partial charge < -0.3 is 10.4 Å². The summed E-state index contributed by atoms with van der Waals surface area (Å²) < 4.78 is 0. The molecule has 1 fully saturated rings. The molecule has 0 saturated carbocycles. The fourth-order valence-corrected chi connectivity index (χ4v) is 1.95. The number of carbonyl (C=O) groups excluding carboxylic acids is 1. The average Bonchev–Trinajstić information content (AvgIpc) is 2.63. The molecular weight excluding hydrogens is 267 g/mol. The minimum atomic E-state index is -0.649. The molecule has 1 aliphatic heterocycles. The number of anilines is 1. The quantitative estimate of drug-likeness (QED) is 0.826. The minimum absolute atomic E-state index is 0.115. The molecule has 0 radical (unpaired) electrons. The molecule has 1 atom stereocenters. The normalized spacial score (nSPS) is 19.5. The van der Waals surface area contributed by atoms with Crippen LogP contribution in [0.5, 0.6) is 0 Å². The maximum Gasteiger partial charge on any atom is 0.345 e. The van der Waals surface area contributed by atoms with Crippen molar-refractivity contribution in [3.8, 4) is 0 Å². The van der Waals surface area contributed by atoms with Gasteiger partial charge in [-0.1, -0.05) is 23.2 Å². The Morgan fingerprint density at radius 2 is 2.06 bits per heavy atom. The smallest absolute Gasteiger partial charge is 0.345 e. The molecule has 1 aromatic rings. The first-order valence-electron chi connectivity index (χ1n) is 4.90. The largest absolute Gasteiger partial charge is 0.389 e. The predicted molar refractivity (Wildman–Crippen MR) is 64.1 cm³/mol. The number of nitrogens with zero attached hydrogens (tertiary/aromatic N) is 1. The van der Waals surface area contributed by atoms with Crippen molar-refractivity contribution in [3.63, 3.8) is 0 Å². The first kappa shape index (κ1) is 12.4. The number of carbonyl (C=O) groups is 1. The van der Waals surface area contributed by atoms with Crippen LogP contribution in [-0.4, -0.2) is 35.5 Å². The minimum Gasteiger partial charge on any atom is -0.389 e. The topological polar surface area (TPSA) is 61.8 Å². The molecule has 1 aromatic carbocycles. The Hall–Kier alpha value is -1.01. The van der Waals surface area contributed by atoms with E-state index in [2.05, 4.69) is 5.32 Å².